The molecule has 68 valence electrons. The van der Waals surface area contributed by atoms with Crippen molar-refractivity contribution < 1.29 is 4.74 Å². The fraction of sp³-hybridized carbons (Fsp3) is 0.200. The molecule has 0 amide bonds. The van der Waals surface area contributed by atoms with E-state index in [1.807, 2.05) is 12.1 Å². The quantitative estimate of drug-likeness (QED) is 0.761. The van der Waals surface area contributed by atoms with Crippen molar-refractivity contribution >= 4 is 33.5 Å². The van der Waals surface area contributed by atoms with Gasteiger partial charge in [-0.25, -0.2) is 0 Å². The van der Waals surface area contributed by atoms with Gasteiger partial charge in [0.2, 0.25) is 0 Å². The highest BCUT2D eigenvalue weighted by atomic mass is 79.9. The van der Waals surface area contributed by atoms with Crippen molar-refractivity contribution in [3.63, 3.8) is 0 Å². The highest BCUT2D eigenvalue weighted by Crippen LogP contribution is 2.25. The summed E-state index contributed by atoms with van der Waals surface area (Å²) in [6.45, 7) is 0.812. The highest BCUT2D eigenvalue weighted by molar-refractivity contribution is 9.10. The summed E-state index contributed by atoms with van der Waals surface area (Å²) in [5, 5.41) is 2.08. The monoisotopic (exact) mass is 256 g/mol. The molecule has 0 bridgehead atoms. The minimum Gasteiger partial charge on any atom is -0.492 e. The van der Waals surface area contributed by atoms with Gasteiger partial charge in [-0.3, -0.25) is 0 Å². The molecule has 0 saturated carbocycles. The molecule has 3 heteroatoms. The minimum atomic E-state index is 0.812. The van der Waals surface area contributed by atoms with E-state index in [2.05, 4.69) is 33.5 Å². The lowest BCUT2D eigenvalue weighted by molar-refractivity contribution is 0.299. The van der Waals surface area contributed by atoms with Gasteiger partial charge >= 0.3 is 0 Å². The summed E-state index contributed by atoms with van der Waals surface area (Å²) < 4.78 is 6.63. The summed E-state index contributed by atoms with van der Waals surface area (Å²) in [7, 11) is 0. The molecule has 1 nitrogen and oxygen atoms in total. The minimum absolute atomic E-state index is 0.812. The van der Waals surface area contributed by atoms with E-state index in [1.54, 1.807) is 11.8 Å². The Hall–Kier alpha value is -0.410. The third-order valence-corrected chi connectivity index (χ3v) is 3.09. The molecule has 1 aromatic carbocycles. The second-order valence-electron chi connectivity index (χ2n) is 2.71. The number of thioether (sulfide) groups is 1. The lowest BCUT2D eigenvalue weighted by atomic mass is 10.2. The maximum Gasteiger partial charge on any atom is 0.132 e. The number of benzene rings is 1. The molecule has 0 aromatic heterocycles. The van der Waals surface area contributed by atoms with Crippen LogP contribution >= 0.6 is 27.7 Å². The third-order valence-electron chi connectivity index (χ3n) is 1.78. The molecule has 0 radical (unpaired) electrons. The third kappa shape index (κ3) is 2.29. The summed E-state index contributed by atoms with van der Waals surface area (Å²) >= 11 is 5.21. The molecule has 1 aromatic rings. The smallest absolute Gasteiger partial charge is 0.132 e. The van der Waals surface area contributed by atoms with Gasteiger partial charge < -0.3 is 4.74 Å². The van der Waals surface area contributed by atoms with E-state index in [1.165, 1.54) is 0 Å². The van der Waals surface area contributed by atoms with Crippen molar-refractivity contribution in [2.75, 3.05) is 12.4 Å². The number of ether oxygens (including phenoxy) is 1. The number of halogens is 1. The van der Waals surface area contributed by atoms with Gasteiger partial charge in [0.05, 0.1) is 6.61 Å². The molecule has 2 rings (SSSR count). The molecule has 1 aliphatic heterocycles. The van der Waals surface area contributed by atoms with Crippen molar-refractivity contribution in [2.45, 2.75) is 0 Å². The Morgan fingerprint density at radius 1 is 1.23 bits per heavy atom. The van der Waals surface area contributed by atoms with Crippen molar-refractivity contribution in [1.29, 1.82) is 0 Å². The topological polar surface area (TPSA) is 9.23 Å². The average molecular weight is 257 g/mol. The van der Waals surface area contributed by atoms with E-state index in [-0.39, 0.29) is 0 Å². The predicted octanol–water partition coefficient (Wildman–Crippen LogP) is 3.51. The van der Waals surface area contributed by atoms with Gasteiger partial charge in [0.15, 0.2) is 0 Å². The molecule has 0 fully saturated rings. The molecular formula is C10H9BrOS. The molecule has 1 heterocycles. The van der Waals surface area contributed by atoms with Crippen LogP contribution in [0.1, 0.15) is 5.56 Å². The largest absolute Gasteiger partial charge is 0.492 e. The number of hydrogen-bond donors (Lipinski definition) is 0. The average Bonchev–Trinajstić information content (AvgIpc) is 2.20. The summed E-state index contributed by atoms with van der Waals surface area (Å²) in [5.74, 6) is 2.05. The summed E-state index contributed by atoms with van der Waals surface area (Å²) in [5.41, 5.74) is 1.15. The molecule has 0 aliphatic carbocycles. The standard InChI is InChI=1S/C10H9BrOS/c11-9-3-1-8(2-4-9)10-7-13-6-5-12-10/h1-4,7H,5-6H2. The van der Waals surface area contributed by atoms with Gasteiger partial charge in [-0.1, -0.05) is 28.1 Å². The lowest BCUT2D eigenvalue weighted by Crippen LogP contribution is -2.01. The Kier molecular flexibility index (Phi) is 2.96. The first kappa shape index (κ1) is 9.16. The van der Waals surface area contributed by atoms with Crippen LogP contribution in [-0.2, 0) is 4.74 Å². The van der Waals surface area contributed by atoms with Crippen molar-refractivity contribution in [1.82, 2.24) is 0 Å². The zero-order chi connectivity index (χ0) is 9.10. The van der Waals surface area contributed by atoms with E-state index in [0.29, 0.717) is 0 Å². The molecule has 0 spiro atoms. The molecule has 1 aliphatic rings. The Balaban J connectivity index is 2.24. The normalized spacial score (nSPS) is 16.2. The van der Waals surface area contributed by atoms with Crippen LogP contribution in [0, 0.1) is 0 Å². The van der Waals surface area contributed by atoms with E-state index >= 15 is 0 Å². The van der Waals surface area contributed by atoms with Crippen LogP contribution < -0.4 is 0 Å². The lowest BCUT2D eigenvalue weighted by Gasteiger charge is -2.14. The number of hydrogen-bond acceptors (Lipinski definition) is 2. The first-order valence-corrected chi connectivity index (χ1v) is 5.91. The Morgan fingerprint density at radius 3 is 2.62 bits per heavy atom. The fourth-order valence-electron chi connectivity index (χ4n) is 1.13. The van der Waals surface area contributed by atoms with Crippen LogP contribution in [0.5, 0.6) is 0 Å². The molecule has 0 atom stereocenters. The predicted molar refractivity (Wildman–Crippen MR) is 60.5 cm³/mol. The first-order chi connectivity index (χ1) is 6.36. The molecular weight excluding hydrogens is 248 g/mol. The zero-order valence-corrected chi connectivity index (χ0v) is 9.40. The van der Waals surface area contributed by atoms with Crippen molar-refractivity contribution in [2.24, 2.45) is 0 Å². The van der Waals surface area contributed by atoms with Gasteiger partial charge in [0.1, 0.15) is 5.76 Å². The van der Waals surface area contributed by atoms with Crippen LogP contribution in [-0.4, -0.2) is 12.4 Å². The van der Waals surface area contributed by atoms with Gasteiger partial charge in [0.25, 0.3) is 0 Å². The highest BCUT2D eigenvalue weighted by Gasteiger charge is 2.06. The zero-order valence-electron chi connectivity index (χ0n) is 7.00. The van der Waals surface area contributed by atoms with E-state index in [0.717, 1.165) is 28.2 Å². The van der Waals surface area contributed by atoms with Crippen LogP contribution in [0.2, 0.25) is 0 Å². The van der Waals surface area contributed by atoms with E-state index in [4.69, 9.17) is 4.74 Å². The van der Waals surface area contributed by atoms with Gasteiger partial charge in [0, 0.05) is 21.2 Å². The summed E-state index contributed by atoms with van der Waals surface area (Å²) in [6, 6.07) is 8.17. The van der Waals surface area contributed by atoms with Gasteiger partial charge in [-0.2, -0.15) is 0 Å². The Labute approximate surface area is 90.3 Å². The number of rotatable bonds is 1. The van der Waals surface area contributed by atoms with Crippen LogP contribution in [0.15, 0.2) is 34.1 Å². The molecule has 0 saturated heterocycles. The first-order valence-electron chi connectivity index (χ1n) is 4.07. The fourth-order valence-corrected chi connectivity index (χ4v) is 2.05. The Morgan fingerprint density at radius 2 is 2.00 bits per heavy atom. The molecule has 0 N–H and O–H groups in total. The van der Waals surface area contributed by atoms with Crippen LogP contribution in [0.25, 0.3) is 5.76 Å². The summed E-state index contributed by atoms with van der Waals surface area (Å²) in [6.07, 6.45) is 0. The maximum absolute atomic E-state index is 5.53. The van der Waals surface area contributed by atoms with Crippen LogP contribution in [0.3, 0.4) is 0 Å². The Bertz CT molecular complexity index is 318. The van der Waals surface area contributed by atoms with E-state index < -0.39 is 0 Å². The van der Waals surface area contributed by atoms with Crippen molar-refractivity contribution in [3.8, 4) is 0 Å². The van der Waals surface area contributed by atoms with Crippen LogP contribution in [0.4, 0.5) is 0 Å². The SMILES string of the molecule is Brc1ccc(C2=CSCCO2)cc1. The molecule has 0 unspecified atom stereocenters. The maximum atomic E-state index is 5.53. The van der Waals surface area contributed by atoms with Gasteiger partial charge in [-0.05, 0) is 12.1 Å². The van der Waals surface area contributed by atoms with Gasteiger partial charge in [-0.15, -0.1) is 11.8 Å². The second-order valence-corrected chi connectivity index (χ2v) is 4.60. The second kappa shape index (κ2) is 4.20. The van der Waals surface area contributed by atoms with E-state index in [9.17, 15) is 0 Å². The molecule has 13 heavy (non-hydrogen) atoms. The summed E-state index contributed by atoms with van der Waals surface area (Å²) in [4.78, 5) is 0. The van der Waals surface area contributed by atoms with Crippen molar-refractivity contribution in [3.05, 3.63) is 39.7 Å².